The number of nitrogens with one attached hydrogen (secondary N) is 1. The molecule has 0 aliphatic carbocycles. The first-order valence-electron chi connectivity index (χ1n) is 9.86. The minimum atomic E-state index is -0.747. The lowest BCUT2D eigenvalue weighted by atomic mass is 10.0. The summed E-state index contributed by atoms with van der Waals surface area (Å²) in [5.41, 5.74) is 0.457. The van der Waals surface area contributed by atoms with Crippen LogP contribution in [0.25, 0.3) is 0 Å². The van der Waals surface area contributed by atoms with Crippen LogP contribution < -0.4 is 10.2 Å². The van der Waals surface area contributed by atoms with Gasteiger partial charge in [-0.3, -0.25) is 9.59 Å². The zero-order valence-electron chi connectivity index (χ0n) is 17.0. The average molecular weight is 409 g/mol. The Bertz CT molecular complexity index is 964. The van der Waals surface area contributed by atoms with Crippen molar-refractivity contribution in [3.05, 3.63) is 59.5 Å². The highest BCUT2D eigenvalue weighted by Gasteiger charge is 2.31. The minimum Gasteiger partial charge on any atom is -0.353 e. The van der Waals surface area contributed by atoms with Crippen molar-refractivity contribution in [2.45, 2.75) is 19.9 Å². The van der Waals surface area contributed by atoms with Crippen LogP contribution in [0.5, 0.6) is 0 Å². The SMILES string of the molecule is CC(C)C(NC(=O)c1ccccc1F)C(=O)N1CCN(c2cc(C#N)ccn2)CC1. The van der Waals surface area contributed by atoms with Crippen LogP contribution in [0.15, 0.2) is 42.6 Å². The molecule has 1 aliphatic heterocycles. The molecule has 1 unspecified atom stereocenters. The second-order valence-electron chi connectivity index (χ2n) is 7.50. The Morgan fingerprint density at radius 2 is 1.87 bits per heavy atom. The number of nitriles is 1. The summed E-state index contributed by atoms with van der Waals surface area (Å²) in [5.74, 6) is -0.857. The van der Waals surface area contributed by atoms with Crippen LogP contribution in [0.3, 0.4) is 0 Å². The van der Waals surface area contributed by atoms with Crippen molar-refractivity contribution in [3.8, 4) is 6.07 Å². The molecule has 30 heavy (non-hydrogen) atoms. The molecule has 0 spiro atoms. The molecule has 0 radical (unpaired) electrons. The molecule has 7 nitrogen and oxygen atoms in total. The summed E-state index contributed by atoms with van der Waals surface area (Å²) in [4.78, 5) is 33.6. The lowest BCUT2D eigenvalue weighted by Crippen LogP contribution is -2.56. The Labute approximate surface area is 175 Å². The van der Waals surface area contributed by atoms with Crippen LogP contribution in [0.4, 0.5) is 10.2 Å². The van der Waals surface area contributed by atoms with Gasteiger partial charge in [-0.15, -0.1) is 0 Å². The van der Waals surface area contributed by atoms with Crippen LogP contribution in [-0.4, -0.2) is 53.9 Å². The molecule has 156 valence electrons. The molecule has 0 bridgehead atoms. The Morgan fingerprint density at radius 1 is 1.17 bits per heavy atom. The fraction of sp³-hybridized carbons (Fsp3) is 0.364. The maximum Gasteiger partial charge on any atom is 0.254 e. The third-order valence-electron chi connectivity index (χ3n) is 5.13. The van der Waals surface area contributed by atoms with Crippen molar-refractivity contribution in [3.63, 3.8) is 0 Å². The molecule has 2 heterocycles. The smallest absolute Gasteiger partial charge is 0.254 e. The second-order valence-corrected chi connectivity index (χ2v) is 7.50. The molecule has 1 aliphatic rings. The Kier molecular flexibility index (Phi) is 6.62. The monoisotopic (exact) mass is 409 g/mol. The van der Waals surface area contributed by atoms with Gasteiger partial charge in [0.25, 0.3) is 5.91 Å². The normalized spacial score (nSPS) is 14.9. The number of halogens is 1. The summed E-state index contributed by atoms with van der Waals surface area (Å²) in [7, 11) is 0. The van der Waals surface area contributed by atoms with Crippen molar-refractivity contribution in [2.75, 3.05) is 31.1 Å². The molecule has 1 aromatic heterocycles. The summed E-state index contributed by atoms with van der Waals surface area (Å²) < 4.78 is 13.9. The van der Waals surface area contributed by atoms with Crippen LogP contribution >= 0.6 is 0 Å². The molecule has 0 saturated carbocycles. The van der Waals surface area contributed by atoms with Crippen LogP contribution in [0, 0.1) is 23.1 Å². The van der Waals surface area contributed by atoms with E-state index in [1.54, 1.807) is 29.3 Å². The molecule has 3 rings (SSSR count). The van der Waals surface area contributed by atoms with E-state index in [0.29, 0.717) is 37.6 Å². The average Bonchev–Trinajstić information content (AvgIpc) is 2.77. The fourth-order valence-electron chi connectivity index (χ4n) is 3.39. The van der Waals surface area contributed by atoms with Gasteiger partial charge in [0.2, 0.25) is 5.91 Å². The van der Waals surface area contributed by atoms with E-state index in [1.165, 1.54) is 18.2 Å². The highest BCUT2D eigenvalue weighted by atomic mass is 19.1. The molecule has 1 N–H and O–H groups in total. The maximum absolute atomic E-state index is 13.9. The van der Waals surface area contributed by atoms with Crippen molar-refractivity contribution in [2.24, 2.45) is 5.92 Å². The molecule has 2 aromatic rings. The number of hydrogen-bond acceptors (Lipinski definition) is 5. The summed E-state index contributed by atoms with van der Waals surface area (Å²) >= 11 is 0. The predicted octanol–water partition coefficient (Wildman–Crippen LogP) is 2.20. The third kappa shape index (κ3) is 4.74. The van der Waals surface area contributed by atoms with Gasteiger partial charge in [-0.25, -0.2) is 9.37 Å². The van der Waals surface area contributed by atoms with Gasteiger partial charge < -0.3 is 15.1 Å². The number of anilines is 1. The van der Waals surface area contributed by atoms with Gasteiger partial charge in [0.15, 0.2) is 0 Å². The molecule has 1 saturated heterocycles. The van der Waals surface area contributed by atoms with E-state index in [1.807, 2.05) is 18.7 Å². The molecular weight excluding hydrogens is 385 g/mol. The van der Waals surface area contributed by atoms with Gasteiger partial charge >= 0.3 is 0 Å². The van der Waals surface area contributed by atoms with Crippen LogP contribution in [0.2, 0.25) is 0 Å². The van der Waals surface area contributed by atoms with Gasteiger partial charge in [-0.1, -0.05) is 26.0 Å². The van der Waals surface area contributed by atoms with E-state index in [-0.39, 0.29) is 17.4 Å². The number of nitrogens with zero attached hydrogens (tertiary/aromatic N) is 4. The number of aromatic nitrogens is 1. The van der Waals surface area contributed by atoms with Crippen LogP contribution in [-0.2, 0) is 4.79 Å². The lowest BCUT2D eigenvalue weighted by molar-refractivity contribution is -0.134. The van der Waals surface area contributed by atoms with Crippen molar-refractivity contribution in [1.82, 2.24) is 15.2 Å². The van der Waals surface area contributed by atoms with Crippen molar-refractivity contribution < 1.29 is 14.0 Å². The van der Waals surface area contributed by atoms with Gasteiger partial charge in [-0.2, -0.15) is 5.26 Å². The number of piperazine rings is 1. The van der Waals surface area contributed by atoms with E-state index < -0.39 is 17.8 Å². The van der Waals surface area contributed by atoms with Gasteiger partial charge in [0.05, 0.1) is 17.2 Å². The quantitative estimate of drug-likeness (QED) is 0.818. The zero-order valence-corrected chi connectivity index (χ0v) is 17.0. The number of benzene rings is 1. The van der Waals surface area contributed by atoms with E-state index >= 15 is 0 Å². The largest absolute Gasteiger partial charge is 0.353 e. The molecule has 8 heteroatoms. The van der Waals surface area contributed by atoms with Gasteiger partial charge in [0.1, 0.15) is 17.7 Å². The molecule has 1 fully saturated rings. The Morgan fingerprint density at radius 3 is 2.50 bits per heavy atom. The summed E-state index contributed by atoms with van der Waals surface area (Å²) in [6.07, 6.45) is 1.60. The van der Waals surface area contributed by atoms with E-state index in [0.717, 1.165) is 0 Å². The number of carbonyl (C=O) groups excluding carboxylic acids is 2. The van der Waals surface area contributed by atoms with E-state index in [9.17, 15) is 14.0 Å². The minimum absolute atomic E-state index is 0.0794. The summed E-state index contributed by atoms with van der Waals surface area (Å²) in [5, 5.41) is 11.7. The Balaban J connectivity index is 1.65. The first-order valence-corrected chi connectivity index (χ1v) is 9.86. The van der Waals surface area contributed by atoms with Gasteiger partial charge in [-0.05, 0) is 30.2 Å². The molecule has 1 atom stereocenters. The molecular formula is C22H24FN5O2. The second kappa shape index (κ2) is 9.35. The summed E-state index contributed by atoms with van der Waals surface area (Å²) in [6.45, 7) is 5.76. The standard InChI is InChI=1S/C22H24FN5O2/c1-15(2)20(26-21(29)17-5-3-4-6-18(17)23)22(30)28-11-9-27(10-12-28)19-13-16(14-24)7-8-25-19/h3-8,13,15,20H,9-12H2,1-2H3,(H,26,29). The van der Waals surface area contributed by atoms with Gasteiger partial charge in [0, 0.05) is 32.4 Å². The number of rotatable bonds is 5. The van der Waals surface area contributed by atoms with E-state index in [2.05, 4.69) is 16.4 Å². The first-order chi connectivity index (χ1) is 14.4. The highest BCUT2D eigenvalue weighted by molar-refractivity contribution is 5.97. The zero-order chi connectivity index (χ0) is 21.7. The number of pyridine rings is 1. The number of carbonyl (C=O) groups is 2. The number of amides is 2. The lowest BCUT2D eigenvalue weighted by Gasteiger charge is -2.37. The molecule has 2 amide bonds. The van der Waals surface area contributed by atoms with Crippen molar-refractivity contribution >= 4 is 17.6 Å². The van der Waals surface area contributed by atoms with E-state index in [4.69, 9.17) is 5.26 Å². The first kappa shape index (κ1) is 21.2. The number of hydrogen-bond donors (Lipinski definition) is 1. The van der Waals surface area contributed by atoms with Crippen LogP contribution in [0.1, 0.15) is 29.8 Å². The fourth-order valence-corrected chi connectivity index (χ4v) is 3.39. The molecule has 1 aromatic carbocycles. The highest BCUT2D eigenvalue weighted by Crippen LogP contribution is 2.17. The maximum atomic E-state index is 13.9. The predicted molar refractivity (Wildman–Crippen MR) is 110 cm³/mol. The van der Waals surface area contributed by atoms with Crippen molar-refractivity contribution in [1.29, 1.82) is 5.26 Å². The third-order valence-corrected chi connectivity index (χ3v) is 5.13. The topological polar surface area (TPSA) is 89.3 Å². The summed E-state index contributed by atoms with van der Waals surface area (Å²) in [6, 6.07) is 10.4. The Hall–Kier alpha value is -3.47.